The summed E-state index contributed by atoms with van der Waals surface area (Å²) in [7, 11) is 1.79. The molecule has 0 saturated heterocycles. The van der Waals surface area contributed by atoms with Crippen LogP contribution in [0.3, 0.4) is 0 Å². The highest BCUT2D eigenvalue weighted by Crippen LogP contribution is 2.25. The Morgan fingerprint density at radius 2 is 2.17 bits per heavy atom. The van der Waals surface area contributed by atoms with Gasteiger partial charge < -0.3 is 20.1 Å². The molecule has 1 aromatic rings. The van der Waals surface area contributed by atoms with Crippen molar-refractivity contribution in [3.05, 3.63) is 29.8 Å². The lowest BCUT2D eigenvalue weighted by molar-refractivity contribution is 0.0563. The Bertz CT molecular complexity index is 535. The molecule has 1 aliphatic carbocycles. The topological polar surface area (TPSA) is 61.8 Å². The summed E-state index contributed by atoms with van der Waals surface area (Å²) < 4.78 is 5.51. The molecule has 3 atom stereocenters. The van der Waals surface area contributed by atoms with E-state index in [1.807, 2.05) is 38.1 Å². The third-order valence-electron chi connectivity index (χ3n) is 4.73. The van der Waals surface area contributed by atoms with E-state index in [1.165, 1.54) is 0 Å². The number of benzene rings is 1. The van der Waals surface area contributed by atoms with Crippen LogP contribution in [0, 0.1) is 5.92 Å². The first-order valence-corrected chi connectivity index (χ1v) is 8.93. The zero-order valence-electron chi connectivity index (χ0n) is 15.0. The predicted octanol–water partition coefficient (Wildman–Crippen LogP) is 3.34. The van der Waals surface area contributed by atoms with Gasteiger partial charge in [0, 0.05) is 19.5 Å². The second-order valence-corrected chi connectivity index (χ2v) is 6.67. The van der Waals surface area contributed by atoms with E-state index >= 15 is 0 Å². The number of amides is 2. The van der Waals surface area contributed by atoms with Crippen LogP contribution in [0.1, 0.15) is 51.1 Å². The van der Waals surface area contributed by atoms with Crippen LogP contribution < -0.4 is 10.1 Å². The van der Waals surface area contributed by atoms with Gasteiger partial charge in [-0.1, -0.05) is 25.0 Å². The van der Waals surface area contributed by atoms with E-state index < -0.39 is 0 Å². The Kier molecular flexibility index (Phi) is 6.91. The number of carbonyl (C=O) groups excluding carboxylic acids is 1. The third-order valence-corrected chi connectivity index (χ3v) is 4.73. The van der Waals surface area contributed by atoms with E-state index in [1.54, 1.807) is 11.9 Å². The fraction of sp³-hybridized carbons (Fsp3) is 0.632. The van der Waals surface area contributed by atoms with Gasteiger partial charge in [0.05, 0.1) is 18.8 Å². The zero-order valence-corrected chi connectivity index (χ0v) is 15.0. The lowest BCUT2D eigenvalue weighted by atomic mass is 9.86. The molecule has 0 radical (unpaired) electrons. The predicted molar refractivity (Wildman–Crippen MR) is 95.2 cm³/mol. The molecule has 0 aliphatic heterocycles. The number of hydrogen-bond donors (Lipinski definition) is 2. The maximum Gasteiger partial charge on any atom is 0.317 e. The number of rotatable bonds is 6. The SMILES string of the molecule is CCOc1cccc(C(C)NC(=O)N(C)CC2CCCCC2O)c1. The van der Waals surface area contributed by atoms with Gasteiger partial charge in [0.2, 0.25) is 0 Å². The molecule has 134 valence electrons. The number of hydrogen-bond acceptors (Lipinski definition) is 3. The van der Waals surface area contributed by atoms with Crippen LogP contribution in [0.4, 0.5) is 4.79 Å². The standard InChI is InChI=1S/C19H30N2O3/c1-4-24-17-10-7-9-15(12-17)14(2)20-19(23)21(3)13-16-8-5-6-11-18(16)22/h7,9-10,12,14,16,18,22H,4-6,8,11,13H2,1-3H3,(H,20,23). The van der Waals surface area contributed by atoms with Crippen molar-refractivity contribution in [2.45, 2.75) is 51.7 Å². The number of carbonyl (C=O) groups is 1. The molecule has 5 heteroatoms. The highest BCUT2D eigenvalue weighted by atomic mass is 16.5. The van der Waals surface area contributed by atoms with Crippen molar-refractivity contribution in [1.82, 2.24) is 10.2 Å². The number of aliphatic hydroxyl groups is 1. The zero-order chi connectivity index (χ0) is 17.5. The second kappa shape index (κ2) is 8.92. The summed E-state index contributed by atoms with van der Waals surface area (Å²) in [6.07, 6.45) is 3.78. The van der Waals surface area contributed by atoms with Gasteiger partial charge in [-0.15, -0.1) is 0 Å². The molecule has 24 heavy (non-hydrogen) atoms. The molecule has 1 aromatic carbocycles. The molecule has 0 heterocycles. The number of nitrogens with one attached hydrogen (secondary N) is 1. The Morgan fingerprint density at radius 1 is 1.42 bits per heavy atom. The van der Waals surface area contributed by atoms with E-state index in [-0.39, 0.29) is 24.1 Å². The lowest BCUT2D eigenvalue weighted by Gasteiger charge is -2.31. The minimum Gasteiger partial charge on any atom is -0.494 e. The van der Waals surface area contributed by atoms with Gasteiger partial charge in [-0.05, 0) is 44.4 Å². The van der Waals surface area contributed by atoms with Gasteiger partial charge in [0.25, 0.3) is 0 Å². The molecule has 5 nitrogen and oxygen atoms in total. The second-order valence-electron chi connectivity index (χ2n) is 6.67. The molecule has 2 amide bonds. The van der Waals surface area contributed by atoms with Gasteiger partial charge in [0.1, 0.15) is 5.75 Å². The monoisotopic (exact) mass is 334 g/mol. The van der Waals surface area contributed by atoms with Crippen molar-refractivity contribution in [1.29, 1.82) is 0 Å². The Labute approximate surface area is 145 Å². The highest BCUT2D eigenvalue weighted by Gasteiger charge is 2.26. The van der Waals surface area contributed by atoms with Crippen molar-refractivity contribution in [2.24, 2.45) is 5.92 Å². The quantitative estimate of drug-likeness (QED) is 0.839. The van der Waals surface area contributed by atoms with Crippen LogP contribution in [-0.2, 0) is 0 Å². The summed E-state index contributed by atoms with van der Waals surface area (Å²) in [6.45, 7) is 5.13. The summed E-state index contributed by atoms with van der Waals surface area (Å²) in [4.78, 5) is 14.1. The molecule has 1 saturated carbocycles. The maximum absolute atomic E-state index is 12.4. The summed E-state index contributed by atoms with van der Waals surface area (Å²) in [5.41, 5.74) is 1.01. The molecule has 1 aliphatic rings. The molecular formula is C19H30N2O3. The van der Waals surface area contributed by atoms with Gasteiger partial charge in [-0.25, -0.2) is 4.79 Å². The first-order chi connectivity index (χ1) is 11.5. The van der Waals surface area contributed by atoms with E-state index in [0.29, 0.717) is 13.2 Å². The van der Waals surface area contributed by atoms with E-state index in [4.69, 9.17) is 4.74 Å². The van der Waals surface area contributed by atoms with Gasteiger partial charge in [0.15, 0.2) is 0 Å². The lowest BCUT2D eigenvalue weighted by Crippen LogP contribution is -2.43. The molecule has 2 rings (SSSR count). The Morgan fingerprint density at radius 3 is 2.88 bits per heavy atom. The van der Waals surface area contributed by atoms with Gasteiger partial charge >= 0.3 is 6.03 Å². The minimum absolute atomic E-state index is 0.100. The summed E-state index contributed by atoms with van der Waals surface area (Å²) in [6, 6.07) is 7.58. The average Bonchev–Trinajstić information content (AvgIpc) is 2.57. The highest BCUT2D eigenvalue weighted by molar-refractivity contribution is 5.74. The van der Waals surface area contributed by atoms with Gasteiger partial charge in [-0.3, -0.25) is 0 Å². The van der Waals surface area contributed by atoms with Crippen molar-refractivity contribution in [2.75, 3.05) is 20.2 Å². The number of ether oxygens (including phenoxy) is 1. The third kappa shape index (κ3) is 5.13. The van der Waals surface area contributed by atoms with Crippen molar-refractivity contribution in [3.63, 3.8) is 0 Å². The van der Waals surface area contributed by atoms with Crippen LogP contribution in [0.2, 0.25) is 0 Å². The van der Waals surface area contributed by atoms with Crippen LogP contribution in [0.15, 0.2) is 24.3 Å². The van der Waals surface area contributed by atoms with Crippen molar-refractivity contribution >= 4 is 6.03 Å². The molecular weight excluding hydrogens is 304 g/mol. The van der Waals surface area contributed by atoms with Crippen LogP contribution >= 0.6 is 0 Å². The number of urea groups is 1. The number of aliphatic hydroxyl groups excluding tert-OH is 1. The van der Waals surface area contributed by atoms with E-state index in [0.717, 1.165) is 37.0 Å². The van der Waals surface area contributed by atoms with Crippen LogP contribution in [-0.4, -0.2) is 42.3 Å². The molecule has 0 spiro atoms. The molecule has 0 bridgehead atoms. The molecule has 2 N–H and O–H groups in total. The van der Waals surface area contributed by atoms with Crippen LogP contribution in [0.25, 0.3) is 0 Å². The minimum atomic E-state index is -0.283. The Balaban J connectivity index is 1.89. The largest absolute Gasteiger partial charge is 0.494 e. The van der Waals surface area contributed by atoms with Crippen molar-refractivity contribution in [3.8, 4) is 5.75 Å². The van der Waals surface area contributed by atoms with E-state index in [2.05, 4.69) is 5.32 Å². The Hall–Kier alpha value is -1.75. The molecule has 1 fully saturated rings. The summed E-state index contributed by atoms with van der Waals surface area (Å²) >= 11 is 0. The maximum atomic E-state index is 12.4. The molecule has 0 aromatic heterocycles. The average molecular weight is 334 g/mol. The van der Waals surface area contributed by atoms with Crippen LogP contribution in [0.5, 0.6) is 5.75 Å². The normalized spacial score (nSPS) is 21.8. The summed E-state index contributed by atoms with van der Waals surface area (Å²) in [5, 5.41) is 13.1. The fourth-order valence-electron chi connectivity index (χ4n) is 3.25. The molecule has 3 unspecified atom stereocenters. The smallest absolute Gasteiger partial charge is 0.317 e. The summed E-state index contributed by atoms with van der Waals surface area (Å²) in [5.74, 6) is 1.00. The van der Waals surface area contributed by atoms with Crippen molar-refractivity contribution < 1.29 is 14.6 Å². The van der Waals surface area contributed by atoms with E-state index in [9.17, 15) is 9.90 Å². The fourth-order valence-corrected chi connectivity index (χ4v) is 3.25. The van der Waals surface area contributed by atoms with Gasteiger partial charge in [-0.2, -0.15) is 0 Å². The first-order valence-electron chi connectivity index (χ1n) is 8.93. The number of nitrogens with zero attached hydrogens (tertiary/aromatic N) is 1. The first kappa shape index (κ1) is 18.6.